The number of thiophene rings is 1. The highest BCUT2D eigenvalue weighted by molar-refractivity contribution is 7.16. The molecule has 3 heteroatoms. The van der Waals surface area contributed by atoms with E-state index in [0.29, 0.717) is 6.04 Å². The third kappa shape index (κ3) is 2.59. The quantitative estimate of drug-likeness (QED) is 0.793. The number of rotatable bonds is 4. The summed E-state index contributed by atoms with van der Waals surface area (Å²) in [6.45, 7) is 1.11. The molecule has 1 N–H and O–H groups in total. The molecular formula is C14H18ClNS. The van der Waals surface area contributed by atoms with E-state index in [1.807, 2.05) is 0 Å². The molecule has 2 aliphatic rings. The Morgan fingerprint density at radius 1 is 1.41 bits per heavy atom. The van der Waals surface area contributed by atoms with E-state index in [1.54, 1.807) is 16.9 Å². The number of fused-ring (bicyclic) bond motifs is 1. The molecule has 0 saturated heterocycles. The van der Waals surface area contributed by atoms with Crippen LogP contribution < -0.4 is 5.32 Å². The van der Waals surface area contributed by atoms with Crippen molar-refractivity contribution in [3.8, 4) is 0 Å². The second-order valence-corrected chi connectivity index (χ2v) is 6.75. The summed E-state index contributed by atoms with van der Waals surface area (Å²) < 4.78 is 0.944. The van der Waals surface area contributed by atoms with Crippen molar-refractivity contribution in [2.75, 3.05) is 6.54 Å². The number of nitrogens with one attached hydrogen (secondary N) is 1. The number of hydrogen-bond donors (Lipinski definition) is 1. The fourth-order valence-corrected chi connectivity index (χ4v) is 4.27. The van der Waals surface area contributed by atoms with E-state index in [2.05, 4.69) is 17.5 Å². The zero-order valence-electron chi connectivity index (χ0n) is 9.97. The molecule has 92 valence electrons. The first-order valence-electron chi connectivity index (χ1n) is 6.52. The van der Waals surface area contributed by atoms with Crippen molar-refractivity contribution in [3.05, 3.63) is 32.5 Å². The Morgan fingerprint density at radius 3 is 3.18 bits per heavy atom. The first-order chi connectivity index (χ1) is 8.33. The van der Waals surface area contributed by atoms with Crippen LogP contribution in [0.4, 0.5) is 0 Å². The Kier molecular flexibility index (Phi) is 3.55. The molecule has 0 saturated carbocycles. The SMILES string of the molecule is Clc1cc2c(s1)CCC2NCCC1=CCCC1. The normalized spacial score (nSPS) is 22.9. The van der Waals surface area contributed by atoms with Crippen LogP contribution in [0.5, 0.6) is 0 Å². The van der Waals surface area contributed by atoms with Crippen LogP contribution in [-0.2, 0) is 6.42 Å². The van der Waals surface area contributed by atoms with Gasteiger partial charge in [-0.15, -0.1) is 11.3 Å². The molecule has 17 heavy (non-hydrogen) atoms. The van der Waals surface area contributed by atoms with Crippen LogP contribution in [0.15, 0.2) is 17.7 Å². The molecule has 1 unspecified atom stereocenters. The molecule has 3 rings (SSSR count). The summed E-state index contributed by atoms with van der Waals surface area (Å²) in [5.41, 5.74) is 3.11. The zero-order chi connectivity index (χ0) is 11.7. The summed E-state index contributed by atoms with van der Waals surface area (Å²) in [5.74, 6) is 0. The smallest absolute Gasteiger partial charge is 0.0934 e. The molecule has 0 aromatic carbocycles. The van der Waals surface area contributed by atoms with Crippen molar-refractivity contribution in [3.63, 3.8) is 0 Å². The first-order valence-corrected chi connectivity index (χ1v) is 7.72. The van der Waals surface area contributed by atoms with Gasteiger partial charge in [0.1, 0.15) is 0 Å². The summed E-state index contributed by atoms with van der Waals surface area (Å²) in [5, 5.41) is 3.69. The molecular weight excluding hydrogens is 250 g/mol. The monoisotopic (exact) mass is 267 g/mol. The maximum atomic E-state index is 6.06. The summed E-state index contributed by atoms with van der Waals surface area (Å²) in [6, 6.07) is 2.71. The van der Waals surface area contributed by atoms with E-state index in [-0.39, 0.29) is 0 Å². The minimum absolute atomic E-state index is 0.552. The summed E-state index contributed by atoms with van der Waals surface area (Å²) >= 11 is 7.82. The fraction of sp³-hybridized carbons (Fsp3) is 0.571. The van der Waals surface area contributed by atoms with E-state index in [0.717, 1.165) is 10.9 Å². The summed E-state index contributed by atoms with van der Waals surface area (Å²) in [4.78, 5) is 1.49. The lowest BCUT2D eigenvalue weighted by atomic mass is 10.1. The Balaban J connectivity index is 1.53. The van der Waals surface area contributed by atoms with Crippen molar-refractivity contribution < 1.29 is 0 Å². The van der Waals surface area contributed by atoms with Crippen LogP contribution in [0, 0.1) is 0 Å². The molecule has 0 aliphatic heterocycles. The Morgan fingerprint density at radius 2 is 2.35 bits per heavy atom. The minimum atomic E-state index is 0.552. The van der Waals surface area contributed by atoms with Gasteiger partial charge in [0.15, 0.2) is 0 Å². The Bertz CT molecular complexity index is 435. The lowest BCUT2D eigenvalue weighted by molar-refractivity contribution is 0.531. The van der Waals surface area contributed by atoms with Crippen LogP contribution in [0.25, 0.3) is 0 Å². The van der Waals surface area contributed by atoms with E-state index >= 15 is 0 Å². The first kappa shape index (κ1) is 11.8. The number of aryl methyl sites for hydroxylation is 1. The predicted molar refractivity (Wildman–Crippen MR) is 74.9 cm³/mol. The second kappa shape index (κ2) is 5.13. The fourth-order valence-electron chi connectivity index (χ4n) is 2.91. The lowest BCUT2D eigenvalue weighted by Crippen LogP contribution is -2.20. The van der Waals surface area contributed by atoms with Gasteiger partial charge in [-0.25, -0.2) is 0 Å². The van der Waals surface area contributed by atoms with Gasteiger partial charge in [-0.05, 0) is 56.7 Å². The molecule has 1 aromatic heterocycles. The zero-order valence-corrected chi connectivity index (χ0v) is 11.5. The van der Waals surface area contributed by atoms with Gasteiger partial charge in [-0.2, -0.15) is 0 Å². The van der Waals surface area contributed by atoms with Crippen molar-refractivity contribution in [2.24, 2.45) is 0 Å². The number of halogens is 1. The van der Waals surface area contributed by atoms with Gasteiger partial charge in [0.25, 0.3) is 0 Å². The van der Waals surface area contributed by atoms with Crippen LogP contribution in [0.3, 0.4) is 0 Å². The molecule has 0 radical (unpaired) electrons. The van der Waals surface area contributed by atoms with Crippen molar-refractivity contribution in [1.82, 2.24) is 5.32 Å². The molecule has 0 spiro atoms. The van der Waals surface area contributed by atoms with Gasteiger partial charge in [0, 0.05) is 10.9 Å². The van der Waals surface area contributed by atoms with Crippen LogP contribution in [-0.4, -0.2) is 6.54 Å². The van der Waals surface area contributed by atoms with Crippen molar-refractivity contribution >= 4 is 22.9 Å². The van der Waals surface area contributed by atoms with E-state index in [1.165, 1.54) is 49.0 Å². The van der Waals surface area contributed by atoms with Crippen molar-refractivity contribution in [1.29, 1.82) is 0 Å². The average molecular weight is 268 g/mol. The highest BCUT2D eigenvalue weighted by atomic mass is 35.5. The average Bonchev–Trinajstić information content (AvgIpc) is 2.97. The predicted octanol–water partition coefficient (Wildman–Crippen LogP) is 4.48. The topological polar surface area (TPSA) is 12.0 Å². The summed E-state index contributed by atoms with van der Waals surface area (Å²) in [7, 11) is 0. The molecule has 0 bridgehead atoms. The van der Waals surface area contributed by atoms with E-state index in [4.69, 9.17) is 11.6 Å². The number of allylic oxidation sites excluding steroid dienone is 1. The number of hydrogen-bond acceptors (Lipinski definition) is 2. The third-order valence-electron chi connectivity index (χ3n) is 3.82. The largest absolute Gasteiger partial charge is 0.310 e. The standard InChI is InChI=1S/C14H18ClNS/c15-14-9-11-12(5-6-13(11)17-14)16-8-7-10-3-1-2-4-10/h3,9,12,16H,1-2,4-8H2. The van der Waals surface area contributed by atoms with Crippen LogP contribution >= 0.6 is 22.9 Å². The van der Waals surface area contributed by atoms with Gasteiger partial charge in [-0.1, -0.05) is 23.3 Å². The van der Waals surface area contributed by atoms with Gasteiger partial charge >= 0.3 is 0 Å². The third-order valence-corrected chi connectivity index (χ3v) is 5.16. The van der Waals surface area contributed by atoms with Crippen LogP contribution in [0.2, 0.25) is 4.34 Å². The highest BCUT2D eigenvalue weighted by Gasteiger charge is 2.24. The van der Waals surface area contributed by atoms with Gasteiger partial charge in [-0.3, -0.25) is 0 Å². The molecule has 1 nitrogen and oxygen atoms in total. The maximum Gasteiger partial charge on any atom is 0.0934 e. The molecule has 1 atom stereocenters. The molecule has 1 heterocycles. The molecule has 0 fully saturated rings. The molecule has 2 aliphatic carbocycles. The van der Waals surface area contributed by atoms with Gasteiger partial charge in [0.2, 0.25) is 0 Å². The molecule has 0 amide bonds. The maximum absolute atomic E-state index is 6.06. The van der Waals surface area contributed by atoms with Crippen molar-refractivity contribution in [2.45, 2.75) is 44.6 Å². The van der Waals surface area contributed by atoms with Crippen LogP contribution in [0.1, 0.15) is 48.6 Å². The van der Waals surface area contributed by atoms with Gasteiger partial charge < -0.3 is 5.32 Å². The van der Waals surface area contributed by atoms with E-state index < -0.39 is 0 Å². The molecule has 1 aromatic rings. The highest BCUT2D eigenvalue weighted by Crippen LogP contribution is 2.39. The van der Waals surface area contributed by atoms with E-state index in [9.17, 15) is 0 Å². The van der Waals surface area contributed by atoms with Gasteiger partial charge in [0.05, 0.1) is 4.34 Å². The summed E-state index contributed by atoms with van der Waals surface area (Å²) in [6.07, 6.45) is 10.1. The lowest BCUT2D eigenvalue weighted by Gasteiger charge is -2.13. The Labute approximate surface area is 112 Å². The Hall–Kier alpha value is -0.310. The minimum Gasteiger partial charge on any atom is -0.310 e. The second-order valence-electron chi connectivity index (χ2n) is 4.98.